The molecule has 5 atom stereocenters. The average Bonchev–Trinajstić information content (AvgIpc) is 3.01. The van der Waals surface area contributed by atoms with Crippen molar-refractivity contribution in [3.8, 4) is 0 Å². The normalized spacial score (nSPS) is 24.9. The summed E-state index contributed by atoms with van der Waals surface area (Å²) in [5, 5.41) is 6.56. The number of ether oxygens (including phenoxy) is 1. The Balaban J connectivity index is 1.41. The molecule has 3 aliphatic rings. The van der Waals surface area contributed by atoms with Crippen molar-refractivity contribution in [2.45, 2.75) is 31.5 Å². The first-order chi connectivity index (χ1) is 19.7. The SMILES string of the molecule is C=CCO[C@H](c1ccnc2ccccc12)[C@@H]1C[C@@H]2CC[N@@+]1(Cc1c3ccccc3cc3ccccc13)C[C@@H]2C=C. The maximum atomic E-state index is 6.80. The fraction of sp³-hybridized carbons (Fsp3) is 0.270. The first kappa shape index (κ1) is 25.2. The van der Waals surface area contributed by atoms with Gasteiger partial charge in [0.2, 0.25) is 0 Å². The number of rotatable bonds is 8. The maximum absolute atomic E-state index is 6.80. The zero-order valence-corrected chi connectivity index (χ0v) is 23.1. The van der Waals surface area contributed by atoms with E-state index in [4.69, 9.17) is 4.74 Å². The van der Waals surface area contributed by atoms with Crippen LogP contribution in [0, 0.1) is 11.8 Å². The molecule has 2 bridgehead atoms. The van der Waals surface area contributed by atoms with Crippen LogP contribution in [-0.2, 0) is 11.3 Å². The largest absolute Gasteiger partial charge is 0.363 e. The molecular weight excluding hydrogens is 488 g/mol. The second-order valence-corrected chi connectivity index (χ2v) is 11.8. The van der Waals surface area contributed by atoms with Crippen molar-refractivity contribution in [2.75, 3.05) is 19.7 Å². The van der Waals surface area contributed by atoms with Crippen molar-refractivity contribution in [1.29, 1.82) is 0 Å². The standard InChI is InChI=1S/C37H37N2O/c1-3-21-40-37(33-17-19-38-35-16-10-9-15-32(33)35)36-23-27-18-20-39(36,24-26(27)4-2)25-34-30-13-7-5-11-28(30)22-29-12-6-8-14-31(29)34/h3-17,19,22,26-27,36-37H,1-2,18,20-21,23-25H2/q+1/t26-,27-,36-,37+,39-/m0/s1. The number of fused-ring (bicyclic) bond motifs is 6. The third kappa shape index (κ3) is 4.16. The molecule has 3 aliphatic heterocycles. The van der Waals surface area contributed by atoms with Crippen LogP contribution in [0.25, 0.3) is 32.4 Å². The first-order valence-electron chi connectivity index (χ1n) is 14.6. The fourth-order valence-corrected chi connectivity index (χ4v) is 7.90. The summed E-state index contributed by atoms with van der Waals surface area (Å²) >= 11 is 0. The number of pyridine rings is 1. The van der Waals surface area contributed by atoms with Gasteiger partial charge in [-0.25, -0.2) is 0 Å². The topological polar surface area (TPSA) is 22.1 Å². The van der Waals surface area contributed by atoms with Gasteiger partial charge in [0.05, 0.1) is 25.2 Å². The van der Waals surface area contributed by atoms with Crippen LogP contribution in [0.15, 0.2) is 116 Å². The third-order valence-electron chi connectivity index (χ3n) is 9.76. The molecule has 0 N–H and O–H groups in total. The monoisotopic (exact) mass is 525 g/mol. The highest BCUT2D eigenvalue weighted by Gasteiger charge is 2.54. The zero-order valence-electron chi connectivity index (χ0n) is 23.1. The lowest BCUT2D eigenvalue weighted by Crippen LogP contribution is -2.67. The van der Waals surface area contributed by atoms with Gasteiger partial charge in [-0.3, -0.25) is 4.98 Å². The number of hydrogen-bond acceptors (Lipinski definition) is 2. The first-order valence-corrected chi connectivity index (χ1v) is 14.6. The van der Waals surface area contributed by atoms with Gasteiger partial charge in [-0.1, -0.05) is 78.9 Å². The molecule has 0 amide bonds. The number of benzene rings is 4. The van der Waals surface area contributed by atoms with Gasteiger partial charge in [-0.05, 0) is 51.2 Å². The predicted octanol–water partition coefficient (Wildman–Crippen LogP) is 8.40. The Bertz CT molecular complexity index is 1670. The highest BCUT2D eigenvalue weighted by Crippen LogP contribution is 2.50. The Labute approximate surface area is 237 Å². The number of quaternary nitrogens is 1. The summed E-state index contributed by atoms with van der Waals surface area (Å²) in [5.41, 5.74) is 3.74. The summed E-state index contributed by atoms with van der Waals surface area (Å²) in [7, 11) is 0. The summed E-state index contributed by atoms with van der Waals surface area (Å²) in [6, 6.07) is 31.2. The van der Waals surface area contributed by atoms with Crippen molar-refractivity contribution in [2.24, 2.45) is 11.8 Å². The van der Waals surface area contributed by atoms with Crippen LogP contribution in [-0.4, -0.2) is 35.2 Å². The van der Waals surface area contributed by atoms with E-state index >= 15 is 0 Å². The van der Waals surface area contributed by atoms with Crippen molar-refractivity contribution >= 4 is 32.4 Å². The van der Waals surface area contributed by atoms with E-state index in [2.05, 4.69) is 109 Å². The molecular formula is C37H37N2O+. The summed E-state index contributed by atoms with van der Waals surface area (Å²) in [6.45, 7) is 12.1. The Morgan fingerprint density at radius 1 is 0.900 bits per heavy atom. The average molecular weight is 526 g/mol. The van der Waals surface area contributed by atoms with Crippen LogP contribution < -0.4 is 0 Å². The van der Waals surface area contributed by atoms with Gasteiger partial charge in [0, 0.05) is 35.9 Å². The molecule has 4 heterocycles. The maximum Gasteiger partial charge on any atom is 0.135 e. The minimum absolute atomic E-state index is 0.0410. The molecule has 0 saturated carbocycles. The van der Waals surface area contributed by atoms with Crippen LogP contribution in [0.2, 0.25) is 0 Å². The van der Waals surface area contributed by atoms with Gasteiger partial charge < -0.3 is 9.22 Å². The predicted molar refractivity (Wildman–Crippen MR) is 166 cm³/mol. The molecule has 3 nitrogen and oxygen atoms in total. The van der Waals surface area contributed by atoms with E-state index in [1.54, 1.807) is 0 Å². The van der Waals surface area contributed by atoms with Crippen LogP contribution in [0.1, 0.15) is 30.1 Å². The van der Waals surface area contributed by atoms with Gasteiger partial charge in [-0.2, -0.15) is 0 Å². The second kappa shape index (κ2) is 10.3. The van der Waals surface area contributed by atoms with Gasteiger partial charge in [0.1, 0.15) is 18.7 Å². The Hall–Kier alpha value is -3.79. The van der Waals surface area contributed by atoms with Crippen molar-refractivity contribution in [3.63, 3.8) is 0 Å². The number of hydrogen-bond donors (Lipinski definition) is 0. The fourth-order valence-electron chi connectivity index (χ4n) is 7.90. The Kier molecular flexibility index (Phi) is 6.50. The molecule has 1 aromatic heterocycles. The lowest BCUT2D eigenvalue weighted by Gasteiger charge is -2.58. The molecule has 40 heavy (non-hydrogen) atoms. The molecule has 5 aromatic rings. The van der Waals surface area contributed by atoms with E-state index in [9.17, 15) is 0 Å². The number of nitrogens with zero attached hydrogens (tertiary/aromatic N) is 2. The Morgan fingerprint density at radius 2 is 1.60 bits per heavy atom. The minimum Gasteiger partial charge on any atom is -0.363 e. The molecule has 200 valence electrons. The van der Waals surface area contributed by atoms with E-state index < -0.39 is 0 Å². The summed E-state index contributed by atoms with van der Waals surface area (Å²) in [4.78, 5) is 4.68. The van der Waals surface area contributed by atoms with E-state index in [0.29, 0.717) is 24.5 Å². The molecule has 3 heteroatoms. The Morgan fingerprint density at radius 3 is 2.33 bits per heavy atom. The van der Waals surface area contributed by atoms with Crippen molar-refractivity contribution in [1.82, 2.24) is 4.98 Å². The number of piperidine rings is 3. The quantitative estimate of drug-likeness (QED) is 0.115. The summed E-state index contributed by atoms with van der Waals surface area (Å²) in [6.07, 6.45) is 8.41. The lowest BCUT2D eigenvalue weighted by molar-refractivity contribution is -0.984. The van der Waals surface area contributed by atoms with Crippen LogP contribution >= 0.6 is 0 Å². The summed E-state index contributed by atoms with van der Waals surface area (Å²) < 4.78 is 7.81. The molecule has 0 radical (unpaired) electrons. The highest BCUT2D eigenvalue weighted by atomic mass is 16.5. The van der Waals surface area contributed by atoms with E-state index in [-0.39, 0.29) is 6.10 Å². The van der Waals surface area contributed by atoms with E-state index in [0.717, 1.165) is 36.1 Å². The molecule has 3 saturated heterocycles. The third-order valence-corrected chi connectivity index (χ3v) is 9.76. The highest BCUT2D eigenvalue weighted by molar-refractivity contribution is 6.02. The van der Waals surface area contributed by atoms with E-state index in [1.165, 1.54) is 44.5 Å². The van der Waals surface area contributed by atoms with Gasteiger partial charge in [0.15, 0.2) is 0 Å². The zero-order chi connectivity index (χ0) is 27.1. The van der Waals surface area contributed by atoms with Crippen LogP contribution in [0.5, 0.6) is 0 Å². The van der Waals surface area contributed by atoms with Crippen LogP contribution in [0.3, 0.4) is 0 Å². The molecule has 0 unspecified atom stereocenters. The molecule has 8 rings (SSSR count). The lowest BCUT2D eigenvalue weighted by atomic mass is 9.70. The van der Waals surface area contributed by atoms with Gasteiger partial charge in [0.25, 0.3) is 0 Å². The molecule has 0 aliphatic carbocycles. The van der Waals surface area contributed by atoms with Crippen molar-refractivity contribution < 1.29 is 9.22 Å². The van der Waals surface area contributed by atoms with Crippen molar-refractivity contribution in [3.05, 3.63) is 128 Å². The molecule has 0 spiro atoms. The summed E-state index contributed by atoms with van der Waals surface area (Å²) in [5.74, 6) is 1.18. The van der Waals surface area contributed by atoms with Crippen LogP contribution in [0.4, 0.5) is 0 Å². The molecule has 3 fully saturated rings. The smallest absolute Gasteiger partial charge is 0.135 e. The van der Waals surface area contributed by atoms with E-state index in [1.807, 2.05) is 12.3 Å². The number of aromatic nitrogens is 1. The minimum atomic E-state index is -0.0410. The second-order valence-electron chi connectivity index (χ2n) is 11.8. The van der Waals surface area contributed by atoms with Gasteiger partial charge in [-0.15, -0.1) is 13.2 Å². The number of para-hydroxylation sites is 1. The molecule has 4 aromatic carbocycles. The van der Waals surface area contributed by atoms with Gasteiger partial charge >= 0.3 is 0 Å².